The number of carbonyl (C=O) groups is 2. The maximum Gasteiger partial charge on any atom is 0.251 e. The van der Waals surface area contributed by atoms with Gasteiger partial charge in [0.05, 0.1) is 17.5 Å². The smallest absolute Gasteiger partial charge is 0.251 e. The number of hydrogen-bond donors (Lipinski definition) is 2. The first-order chi connectivity index (χ1) is 16.2. The largest absolute Gasteiger partial charge is 0.342 e. The number of nitrogens with one attached hydrogen (secondary N) is 2. The predicted molar refractivity (Wildman–Crippen MR) is 135 cm³/mol. The molecule has 0 bridgehead atoms. The lowest BCUT2D eigenvalue weighted by Gasteiger charge is -2.22. The molecule has 1 heterocycles. The van der Waals surface area contributed by atoms with Crippen molar-refractivity contribution in [1.82, 2.24) is 20.1 Å². The minimum Gasteiger partial charge on any atom is -0.342 e. The Labute approximate surface area is 211 Å². The summed E-state index contributed by atoms with van der Waals surface area (Å²) in [5.74, 6) is -0.336. The number of anilines is 1. The van der Waals surface area contributed by atoms with E-state index in [0.29, 0.717) is 27.6 Å². The molecule has 10 heteroatoms. The normalized spacial score (nSPS) is 12.0. The summed E-state index contributed by atoms with van der Waals surface area (Å²) in [5, 5.41) is 14.8. The molecule has 180 valence electrons. The molecule has 0 saturated heterocycles. The lowest BCUT2D eigenvalue weighted by atomic mass is 10.0. The molecule has 34 heavy (non-hydrogen) atoms. The van der Waals surface area contributed by atoms with E-state index in [4.69, 9.17) is 0 Å². The first kappa shape index (κ1) is 25.9. The monoisotopic (exact) mass is 547 g/mol. The maximum absolute atomic E-state index is 14.0. The van der Waals surface area contributed by atoms with E-state index in [1.807, 2.05) is 44.4 Å². The van der Waals surface area contributed by atoms with Gasteiger partial charge >= 0.3 is 0 Å². The van der Waals surface area contributed by atoms with E-state index in [1.165, 1.54) is 23.9 Å². The molecule has 7 nitrogen and oxygen atoms in total. The van der Waals surface area contributed by atoms with Crippen LogP contribution in [0.5, 0.6) is 0 Å². The second-order valence-corrected chi connectivity index (χ2v) is 9.97. The van der Waals surface area contributed by atoms with Crippen LogP contribution in [0.1, 0.15) is 48.6 Å². The average Bonchev–Trinajstić information content (AvgIpc) is 3.20. The second kappa shape index (κ2) is 11.6. The van der Waals surface area contributed by atoms with Gasteiger partial charge in [-0.25, -0.2) is 4.39 Å². The van der Waals surface area contributed by atoms with Crippen molar-refractivity contribution < 1.29 is 14.0 Å². The summed E-state index contributed by atoms with van der Waals surface area (Å²) in [6, 6.07) is 11.5. The number of amides is 2. The highest BCUT2D eigenvalue weighted by Gasteiger charge is 2.26. The summed E-state index contributed by atoms with van der Waals surface area (Å²) in [5.41, 5.74) is 1.77. The molecule has 2 N–H and O–H groups in total. The SMILES string of the molecule is CCn1c(SCC(=O)Nc2ccc(Br)cc2F)nnc1[C@H](NC(=O)c1ccc(C)cc1)C(C)C. The van der Waals surface area contributed by atoms with Gasteiger partial charge in [0.15, 0.2) is 11.0 Å². The molecule has 3 rings (SSSR count). The fraction of sp³-hybridized carbons (Fsp3) is 0.333. The zero-order valence-electron chi connectivity index (χ0n) is 19.4. The van der Waals surface area contributed by atoms with E-state index in [0.717, 1.165) is 5.56 Å². The van der Waals surface area contributed by atoms with Gasteiger partial charge in [0.1, 0.15) is 5.82 Å². The molecule has 0 unspecified atom stereocenters. The molecule has 2 amide bonds. The summed E-state index contributed by atoms with van der Waals surface area (Å²) in [4.78, 5) is 25.2. The molecule has 1 atom stereocenters. The van der Waals surface area contributed by atoms with Crippen molar-refractivity contribution in [2.75, 3.05) is 11.1 Å². The molecule has 0 saturated carbocycles. The Hall–Kier alpha value is -2.72. The fourth-order valence-corrected chi connectivity index (χ4v) is 4.44. The Morgan fingerprint density at radius 3 is 2.47 bits per heavy atom. The van der Waals surface area contributed by atoms with Crippen LogP contribution in [-0.4, -0.2) is 32.3 Å². The van der Waals surface area contributed by atoms with Crippen LogP contribution in [0.3, 0.4) is 0 Å². The van der Waals surface area contributed by atoms with Crippen LogP contribution in [0.2, 0.25) is 0 Å². The van der Waals surface area contributed by atoms with Crippen molar-refractivity contribution in [3.05, 3.63) is 69.7 Å². The van der Waals surface area contributed by atoms with Gasteiger partial charge < -0.3 is 15.2 Å². The summed E-state index contributed by atoms with van der Waals surface area (Å²) < 4.78 is 16.5. The first-order valence-corrected chi connectivity index (χ1v) is 12.7. The van der Waals surface area contributed by atoms with Gasteiger partial charge in [-0.05, 0) is 50.1 Å². The third-order valence-corrected chi connectivity index (χ3v) is 6.60. The van der Waals surface area contributed by atoms with E-state index in [2.05, 4.69) is 36.8 Å². The Bertz CT molecular complexity index is 1170. The van der Waals surface area contributed by atoms with Gasteiger partial charge in [-0.3, -0.25) is 9.59 Å². The van der Waals surface area contributed by atoms with Crippen LogP contribution < -0.4 is 10.6 Å². The van der Waals surface area contributed by atoms with Crippen molar-refractivity contribution in [2.24, 2.45) is 5.92 Å². The van der Waals surface area contributed by atoms with Crippen molar-refractivity contribution in [2.45, 2.75) is 45.4 Å². The van der Waals surface area contributed by atoms with E-state index in [9.17, 15) is 14.0 Å². The first-order valence-electron chi connectivity index (χ1n) is 10.9. The minimum atomic E-state index is -0.518. The van der Waals surface area contributed by atoms with Gasteiger partial charge in [0.25, 0.3) is 5.91 Å². The third kappa shape index (κ3) is 6.44. The van der Waals surface area contributed by atoms with Gasteiger partial charge in [-0.2, -0.15) is 0 Å². The topological polar surface area (TPSA) is 88.9 Å². The molecular formula is C24H27BrFN5O2S. The Morgan fingerprint density at radius 1 is 1.15 bits per heavy atom. The lowest BCUT2D eigenvalue weighted by Crippen LogP contribution is -2.33. The summed E-state index contributed by atoms with van der Waals surface area (Å²) >= 11 is 4.40. The molecule has 0 spiro atoms. The van der Waals surface area contributed by atoms with Crippen LogP contribution in [0, 0.1) is 18.7 Å². The number of nitrogens with zero attached hydrogens (tertiary/aromatic N) is 3. The van der Waals surface area contributed by atoms with Crippen LogP contribution in [0.15, 0.2) is 52.1 Å². The van der Waals surface area contributed by atoms with Crippen molar-refractivity contribution >= 4 is 45.2 Å². The standard InChI is InChI=1S/C24H27BrFN5O2S/c1-5-31-22(21(14(2)3)28-23(33)16-8-6-15(4)7-9-16)29-30-24(31)34-13-20(32)27-19-11-10-17(25)12-18(19)26/h6-12,14,21H,5,13H2,1-4H3,(H,27,32)(H,28,33)/t21-/m1/s1. The fourth-order valence-electron chi connectivity index (χ4n) is 3.30. The van der Waals surface area contributed by atoms with Crippen LogP contribution in [0.4, 0.5) is 10.1 Å². The summed E-state index contributed by atoms with van der Waals surface area (Å²) in [7, 11) is 0. The highest BCUT2D eigenvalue weighted by Crippen LogP contribution is 2.26. The third-order valence-electron chi connectivity index (χ3n) is 5.14. The summed E-state index contributed by atoms with van der Waals surface area (Å²) in [6.45, 7) is 8.49. The summed E-state index contributed by atoms with van der Waals surface area (Å²) in [6.07, 6.45) is 0. The zero-order valence-corrected chi connectivity index (χ0v) is 21.8. The number of hydrogen-bond acceptors (Lipinski definition) is 5. The van der Waals surface area contributed by atoms with Crippen molar-refractivity contribution in [3.63, 3.8) is 0 Å². The van der Waals surface area contributed by atoms with Crippen LogP contribution in [-0.2, 0) is 11.3 Å². The molecule has 0 aliphatic heterocycles. The highest BCUT2D eigenvalue weighted by atomic mass is 79.9. The predicted octanol–water partition coefficient (Wildman–Crippen LogP) is 5.37. The number of aryl methyl sites for hydroxylation is 1. The Kier molecular flexibility index (Phi) is 8.84. The number of thioether (sulfide) groups is 1. The molecule has 2 aromatic carbocycles. The minimum absolute atomic E-state index is 0.0374. The second-order valence-electron chi connectivity index (χ2n) is 8.11. The number of carbonyl (C=O) groups excluding carboxylic acids is 2. The van der Waals surface area contributed by atoms with Crippen molar-refractivity contribution in [1.29, 1.82) is 0 Å². The average molecular weight is 548 g/mol. The highest BCUT2D eigenvalue weighted by molar-refractivity contribution is 9.10. The maximum atomic E-state index is 14.0. The Balaban J connectivity index is 1.71. The van der Waals surface area contributed by atoms with E-state index >= 15 is 0 Å². The number of aromatic nitrogens is 3. The lowest BCUT2D eigenvalue weighted by molar-refractivity contribution is -0.113. The van der Waals surface area contributed by atoms with Crippen LogP contribution in [0.25, 0.3) is 0 Å². The number of rotatable bonds is 9. The molecular weight excluding hydrogens is 521 g/mol. The quantitative estimate of drug-likeness (QED) is 0.352. The number of benzene rings is 2. The van der Waals surface area contributed by atoms with E-state index in [1.54, 1.807) is 18.2 Å². The van der Waals surface area contributed by atoms with Crippen LogP contribution >= 0.6 is 27.7 Å². The molecule has 0 aliphatic carbocycles. The number of halogens is 2. The van der Waals surface area contributed by atoms with E-state index < -0.39 is 5.82 Å². The van der Waals surface area contributed by atoms with Gasteiger partial charge in [0, 0.05) is 16.6 Å². The van der Waals surface area contributed by atoms with Gasteiger partial charge in [-0.15, -0.1) is 10.2 Å². The van der Waals surface area contributed by atoms with Gasteiger partial charge in [-0.1, -0.05) is 59.2 Å². The molecule has 0 radical (unpaired) electrons. The van der Waals surface area contributed by atoms with Gasteiger partial charge in [0.2, 0.25) is 5.91 Å². The Morgan fingerprint density at radius 2 is 1.85 bits per heavy atom. The zero-order chi connectivity index (χ0) is 24.8. The molecule has 0 fully saturated rings. The molecule has 1 aromatic heterocycles. The van der Waals surface area contributed by atoms with E-state index in [-0.39, 0.29) is 35.2 Å². The van der Waals surface area contributed by atoms with Crippen molar-refractivity contribution in [3.8, 4) is 0 Å². The molecule has 0 aliphatic rings. The molecule has 3 aromatic rings.